The van der Waals surface area contributed by atoms with Crippen LogP contribution in [0.2, 0.25) is 5.02 Å². The van der Waals surface area contributed by atoms with Gasteiger partial charge in [-0.1, -0.05) is 29.8 Å². The molecule has 3 rings (SSSR count). The second-order valence-electron chi connectivity index (χ2n) is 5.78. The largest absolute Gasteiger partial charge is 0.317 e. The summed E-state index contributed by atoms with van der Waals surface area (Å²) in [4.78, 5) is 23.3. The number of carbonyl (C=O) groups is 2. The lowest BCUT2D eigenvalue weighted by Crippen LogP contribution is -2.39. The highest BCUT2D eigenvalue weighted by molar-refractivity contribution is 6.32. The lowest BCUT2D eigenvalue weighted by atomic mass is 9.85. The standard InChI is InChI=1S/C16H19ClN2O2/c17-15-11(10-6-8-18-9-7-10)2-1-3-12(15)13-4-5-14(20)19-16(13)21/h1-3,10,13,18H,4-9H2,(H,19,20,21). The summed E-state index contributed by atoms with van der Waals surface area (Å²) in [6, 6.07) is 5.95. The van der Waals surface area contributed by atoms with Crippen LogP contribution in [0.15, 0.2) is 18.2 Å². The second kappa shape index (κ2) is 6.16. The topological polar surface area (TPSA) is 58.2 Å². The molecular formula is C16H19ClN2O2. The molecule has 0 spiro atoms. The molecule has 112 valence electrons. The van der Waals surface area contributed by atoms with E-state index in [1.807, 2.05) is 12.1 Å². The molecule has 1 aromatic rings. The average Bonchev–Trinajstić information content (AvgIpc) is 2.49. The Hall–Kier alpha value is -1.39. The Morgan fingerprint density at radius 1 is 1.05 bits per heavy atom. The quantitative estimate of drug-likeness (QED) is 0.825. The number of hydrogen-bond acceptors (Lipinski definition) is 3. The van der Waals surface area contributed by atoms with Gasteiger partial charge >= 0.3 is 0 Å². The SMILES string of the molecule is O=C1CCC(c2cccc(C3CCNCC3)c2Cl)C(=O)N1. The molecule has 2 saturated heterocycles. The number of carbonyl (C=O) groups excluding carboxylic acids is 2. The fourth-order valence-corrected chi connectivity index (χ4v) is 3.69. The van der Waals surface area contributed by atoms with Gasteiger partial charge in [0.2, 0.25) is 11.8 Å². The summed E-state index contributed by atoms with van der Waals surface area (Å²) >= 11 is 6.59. The normalized spacial score (nSPS) is 24.0. The van der Waals surface area contributed by atoms with Gasteiger partial charge in [0.15, 0.2) is 0 Å². The molecule has 0 radical (unpaired) electrons. The van der Waals surface area contributed by atoms with E-state index in [4.69, 9.17) is 11.6 Å². The minimum absolute atomic E-state index is 0.193. The van der Waals surface area contributed by atoms with Crippen molar-refractivity contribution < 1.29 is 9.59 Å². The van der Waals surface area contributed by atoms with E-state index in [0.717, 1.165) is 37.1 Å². The number of amides is 2. The molecule has 2 amide bonds. The van der Waals surface area contributed by atoms with Crippen LogP contribution in [0.25, 0.3) is 0 Å². The predicted octanol–water partition coefficient (Wildman–Crippen LogP) is 2.33. The molecule has 2 aliphatic heterocycles. The summed E-state index contributed by atoms with van der Waals surface area (Å²) in [5.41, 5.74) is 2.00. The Morgan fingerprint density at radius 3 is 2.48 bits per heavy atom. The molecule has 4 nitrogen and oxygen atoms in total. The van der Waals surface area contributed by atoms with Crippen LogP contribution in [0.1, 0.15) is 48.6 Å². The zero-order valence-electron chi connectivity index (χ0n) is 11.8. The number of halogens is 1. The summed E-state index contributed by atoms with van der Waals surface area (Å²) in [6.07, 6.45) is 3.06. The van der Waals surface area contributed by atoms with Crippen LogP contribution in [0.5, 0.6) is 0 Å². The molecule has 1 unspecified atom stereocenters. The summed E-state index contributed by atoms with van der Waals surface area (Å²) in [5.74, 6) is -0.277. The van der Waals surface area contributed by atoms with Crippen molar-refractivity contribution in [2.75, 3.05) is 13.1 Å². The Bertz CT molecular complexity index is 567. The first kappa shape index (κ1) is 14.5. The van der Waals surface area contributed by atoms with Gasteiger partial charge in [0.05, 0.1) is 5.92 Å². The van der Waals surface area contributed by atoms with E-state index in [9.17, 15) is 9.59 Å². The lowest BCUT2D eigenvalue weighted by Gasteiger charge is -2.27. The van der Waals surface area contributed by atoms with Crippen LogP contribution >= 0.6 is 11.6 Å². The molecule has 1 aromatic carbocycles. The molecule has 0 saturated carbocycles. The van der Waals surface area contributed by atoms with E-state index in [-0.39, 0.29) is 17.7 Å². The smallest absolute Gasteiger partial charge is 0.234 e. The molecular weight excluding hydrogens is 288 g/mol. The van der Waals surface area contributed by atoms with Gasteiger partial charge in [-0.15, -0.1) is 0 Å². The number of nitrogens with one attached hydrogen (secondary N) is 2. The van der Waals surface area contributed by atoms with Crippen molar-refractivity contribution in [1.29, 1.82) is 0 Å². The van der Waals surface area contributed by atoms with Crippen LogP contribution in [0.4, 0.5) is 0 Å². The molecule has 2 N–H and O–H groups in total. The highest BCUT2D eigenvalue weighted by atomic mass is 35.5. The number of rotatable bonds is 2. The van der Waals surface area contributed by atoms with E-state index < -0.39 is 0 Å². The zero-order chi connectivity index (χ0) is 14.8. The summed E-state index contributed by atoms with van der Waals surface area (Å²) in [6.45, 7) is 2.01. The maximum atomic E-state index is 12.0. The van der Waals surface area contributed by atoms with Crippen molar-refractivity contribution in [1.82, 2.24) is 10.6 Å². The molecule has 2 fully saturated rings. The zero-order valence-corrected chi connectivity index (χ0v) is 12.6. The van der Waals surface area contributed by atoms with Gasteiger partial charge in [0, 0.05) is 11.4 Å². The van der Waals surface area contributed by atoms with Crippen LogP contribution < -0.4 is 10.6 Å². The predicted molar refractivity (Wildman–Crippen MR) is 81.4 cm³/mol. The molecule has 2 heterocycles. The van der Waals surface area contributed by atoms with E-state index >= 15 is 0 Å². The minimum Gasteiger partial charge on any atom is -0.317 e. The van der Waals surface area contributed by atoms with Crippen molar-refractivity contribution in [3.8, 4) is 0 Å². The van der Waals surface area contributed by atoms with Crippen molar-refractivity contribution in [2.45, 2.75) is 37.5 Å². The Kier molecular flexibility index (Phi) is 4.27. The average molecular weight is 307 g/mol. The van der Waals surface area contributed by atoms with Gasteiger partial charge in [-0.2, -0.15) is 0 Å². The third-order valence-electron chi connectivity index (χ3n) is 4.45. The molecule has 2 aliphatic rings. The van der Waals surface area contributed by atoms with E-state index in [2.05, 4.69) is 16.7 Å². The maximum absolute atomic E-state index is 12.0. The van der Waals surface area contributed by atoms with E-state index in [1.165, 1.54) is 0 Å². The van der Waals surface area contributed by atoms with Gasteiger partial charge in [-0.25, -0.2) is 0 Å². The van der Waals surface area contributed by atoms with Crippen LogP contribution in [0, 0.1) is 0 Å². The Labute approximate surface area is 129 Å². The van der Waals surface area contributed by atoms with Crippen LogP contribution in [0.3, 0.4) is 0 Å². The Balaban J connectivity index is 1.89. The van der Waals surface area contributed by atoms with Gasteiger partial charge < -0.3 is 5.32 Å². The third-order valence-corrected chi connectivity index (χ3v) is 4.89. The van der Waals surface area contributed by atoms with Crippen molar-refractivity contribution >= 4 is 23.4 Å². The highest BCUT2D eigenvalue weighted by Gasteiger charge is 2.30. The van der Waals surface area contributed by atoms with Gasteiger partial charge in [0.1, 0.15) is 0 Å². The molecule has 5 heteroatoms. The van der Waals surface area contributed by atoms with Crippen LogP contribution in [-0.4, -0.2) is 24.9 Å². The van der Waals surface area contributed by atoms with Gasteiger partial charge in [0.25, 0.3) is 0 Å². The second-order valence-corrected chi connectivity index (χ2v) is 6.16. The fourth-order valence-electron chi connectivity index (χ4n) is 3.28. The first-order valence-electron chi connectivity index (χ1n) is 7.49. The minimum atomic E-state index is -0.308. The number of benzene rings is 1. The Morgan fingerprint density at radius 2 is 1.76 bits per heavy atom. The van der Waals surface area contributed by atoms with Crippen molar-refractivity contribution in [3.63, 3.8) is 0 Å². The first-order valence-corrected chi connectivity index (χ1v) is 7.87. The molecule has 1 atom stereocenters. The fraction of sp³-hybridized carbons (Fsp3) is 0.500. The summed E-state index contributed by atoms with van der Waals surface area (Å²) < 4.78 is 0. The van der Waals surface area contributed by atoms with Crippen LogP contribution in [-0.2, 0) is 9.59 Å². The first-order chi connectivity index (χ1) is 10.2. The monoisotopic (exact) mass is 306 g/mol. The van der Waals surface area contributed by atoms with Crippen molar-refractivity contribution in [2.24, 2.45) is 0 Å². The third kappa shape index (κ3) is 2.97. The molecule has 0 bridgehead atoms. The summed E-state index contributed by atoms with van der Waals surface area (Å²) in [5, 5.41) is 6.46. The summed E-state index contributed by atoms with van der Waals surface area (Å²) in [7, 11) is 0. The lowest BCUT2D eigenvalue weighted by molar-refractivity contribution is -0.134. The van der Waals surface area contributed by atoms with E-state index in [0.29, 0.717) is 23.8 Å². The molecule has 0 aromatic heterocycles. The van der Waals surface area contributed by atoms with Gasteiger partial charge in [-0.05, 0) is 49.4 Å². The maximum Gasteiger partial charge on any atom is 0.234 e. The highest BCUT2D eigenvalue weighted by Crippen LogP contribution is 2.37. The van der Waals surface area contributed by atoms with E-state index in [1.54, 1.807) is 0 Å². The van der Waals surface area contributed by atoms with Gasteiger partial charge in [-0.3, -0.25) is 14.9 Å². The number of piperidine rings is 2. The van der Waals surface area contributed by atoms with Crippen molar-refractivity contribution in [3.05, 3.63) is 34.3 Å². The molecule has 0 aliphatic carbocycles. The number of hydrogen-bond donors (Lipinski definition) is 2. The number of imide groups is 1. The molecule has 21 heavy (non-hydrogen) atoms.